The van der Waals surface area contributed by atoms with Gasteiger partial charge in [-0.15, -0.1) is 0 Å². The predicted molar refractivity (Wildman–Crippen MR) is 78.0 cm³/mol. The molecule has 0 aliphatic rings. The molecule has 2 rings (SSSR count). The zero-order valence-electron chi connectivity index (χ0n) is 11.6. The van der Waals surface area contributed by atoms with Gasteiger partial charge in [-0.25, -0.2) is 4.79 Å². The van der Waals surface area contributed by atoms with Crippen LogP contribution in [0.1, 0.15) is 24.2 Å². The second-order valence-electron chi connectivity index (χ2n) is 4.65. The van der Waals surface area contributed by atoms with Crippen LogP contribution >= 0.6 is 0 Å². The van der Waals surface area contributed by atoms with E-state index in [1.54, 1.807) is 24.3 Å². The van der Waals surface area contributed by atoms with E-state index in [0.717, 1.165) is 11.9 Å². The van der Waals surface area contributed by atoms with Crippen molar-refractivity contribution in [2.24, 2.45) is 0 Å². The molecule has 1 aromatic carbocycles. The first-order chi connectivity index (χ1) is 9.61. The minimum Gasteiger partial charge on any atom is -0.422 e. The maximum atomic E-state index is 12.0. The molecule has 0 radical (unpaired) electrons. The first-order valence-electron chi connectivity index (χ1n) is 6.66. The molecule has 0 fully saturated rings. The third kappa shape index (κ3) is 3.24. The van der Waals surface area contributed by atoms with Gasteiger partial charge in [-0.2, -0.15) is 0 Å². The van der Waals surface area contributed by atoms with E-state index in [2.05, 4.69) is 10.6 Å². The number of likely N-dealkylation sites (N-methyl/N-ethyl adjacent to an activating group) is 1. The number of para-hydroxylation sites is 1. The highest BCUT2D eigenvalue weighted by Gasteiger charge is 2.13. The molecular weight excluding hydrogens is 256 g/mol. The molecule has 20 heavy (non-hydrogen) atoms. The van der Waals surface area contributed by atoms with Crippen LogP contribution in [0.2, 0.25) is 0 Å². The number of carbonyl (C=O) groups excluding carboxylic acids is 1. The van der Waals surface area contributed by atoms with E-state index in [-0.39, 0.29) is 11.6 Å². The number of benzene rings is 1. The van der Waals surface area contributed by atoms with Crippen molar-refractivity contribution in [2.45, 2.75) is 19.9 Å². The Labute approximate surface area is 117 Å². The van der Waals surface area contributed by atoms with E-state index < -0.39 is 11.5 Å². The summed E-state index contributed by atoms with van der Waals surface area (Å²) in [5.41, 5.74) is -0.0974. The summed E-state index contributed by atoms with van der Waals surface area (Å²) in [7, 11) is 0. The summed E-state index contributed by atoms with van der Waals surface area (Å²) >= 11 is 0. The Morgan fingerprint density at radius 2 is 2.10 bits per heavy atom. The van der Waals surface area contributed by atoms with Crippen molar-refractivity contribution >= 4 is 16.9 Å². The predicted octanol–water partition coefficient (Wildman–Crippen LogP) is 1.52. The minimum atomic E-state index is -0.614. The van der Waals surface area contributed by atoms with Gasteiger partial charge in [0, 0.05) is 18.0 Å². The first-order valence-corrected chi connectivity index (χ1v) is 6.66. The first kappa shape index (κ1) is 14.3. The normalized spacial score (nSPS) is 12.3. The fourth-order valence-corrected chi connectivity index (χ4v) is 1.98. The molecule has 1 aromatic heterocycles. The van der Waals surface area contributed by atoms with Gasteiger partial charge in [0.25, 0.3) is 5.91 Å². The fraction of sp³-hybridized carbons (Fsp3) is 0.333. The quantitative estimate of drug-likeness (QED) is 0.811. The molecule has 5 heteroatoms. The van der Waals surface area contributed by atoms with Gasteiger partial charge in [0.1, 0.15) is 11.1 Å². The van der Waals surface area contributed by atoms with Gasteiger partial charge in [0.15, 0.2) is 0 Å². The van der Waals surface area contributed by atoms with Crippen molar-refractivity contribution in [3.63, 3.8) is 0 Å². The minimum absolute atomic E-state index is 0.0346. The number of amides is 1. The molecule has 1 heterocycles. The van der Waals surface area contributed by atoms with E-state index in [1.165, 1.54) is 0 Å². The van der Waals surface area contributed by atoms with E-state index in [1.807, 2.05) is 19.9 Å². The lowest BCUT2D eigenvalue weighted by Crippen LogP contribution is -2.39. The number of nitrogens with one attached hydrogen (secondary N) is 2. The van der Waals surface area contributed by atoms with Crippen molar-refractivity contribution < 1.29 is 9.21 Å². The van der Waals surface area contributed by atoms with E-state index in [0.29, 0.717) is 12.1 Å². The fourth-order valence-electron chi connectivity index (χ4n) is 1.98. The molecule has 0 saturated carbocycles. The molecule has 0 aliphatic heterocycles. The Bertz CT molecular complexity index is 663. The monoisotopic (exact) mass is 274 g/mol. The number of rotatable bonds is 5. The average molecular weight is 274 g/mol. The van der Waals surface area contributed by atoms with Gasteiger partial charge in [-0.3, -0.25) is 4.79 Å². The summed E-state index contributed by atoms with van der Waals surface area (Å²) in [6, 6.07) is 8.83. The van der Waals surface area contributed by atoms with Gasteiger partial charge < -0.3 is 15.1 Å². The lowest BCUT2D eigenvalue weighted by atomic mass is 10.2. The molecule has 0 bridgehead atoms. The van der Waals surface area contributed by atoms with E-state index >= 15 is 0 Å². The van der Waals surface area contributed by atoms with Crippen LogP contribution in [-0.4, -0.2) is 25.0 Å². The van der Waals surface area contributed by atoms with Crippen LogP contribution < -0.4 is 16.3 Å². The summed E-state index contributed by atoms with van der Waals surface area (Å²) < 4.78 is 5.14. The van der Waals surface area contributed by atoms with Gasteiger partial charge in [0.05, 0.1) is 0 Å². The highest BCUT2D eigenvalue weighted by Crippen LogP contribution is 2.12. The molecule has 5 nitrogen and oxygen atoms in total. The van der Waals surface area contributed by atoms with E-state index in [4.69, 9.17) is 4.42 Å². The molecule has 1 amide bonds. The summed E-state index contributed by atoms with van der Waals surface area (Å²) in [6.45, 7) is 5.25. The smallest absolute Gasteiger partial charge is 0.349 e. The van der Waals surface area contributed by atoms with Crippen LogP contribution in [0.15, 0.2) is 39.5 Å². The lowest BCUT2D eigenvalue weighted by molar-refractivity contribution is 0.0946. The van der Waals surface area contributed by atoms with Crippen LogP contribution in [0.3, 0.4) is 0 Å². The van der Waals surface area contributed by atoms with Crippen LogP contribution in [0.4, 0.5) is 0 Å². The topological polar surface area (TPSA) is 71.3 Å². The van der Waals surface area contributed by atoms with Crippen LogP contribution in [0.5, 0.6) is 0 Å². The number of hydrogen-bond acceptors (Lipinski definition) is 4. The highest BCUT2D eigenvalue weighted by molar-refractivity contribution is 5.96. The standard InChI is InChI=1S/C15H18N2O3/c1-3-16-10(2)9-17-14(18)12-8-11-6-4-5-7-13(11)20-15(12)19/h4-8,10,16H,3,9H2,1-2H3,(H,17,18)/t10-/m1/s1. The Morgan fingerprint density at radius 3 is 2.85 bits per heavy atom. The second kappa shape index (κ2) is 6.34. The zero-order chi connectivity index (χ0) is 14.5. The molecule has 2 N–H and O–H groups in total. The highest BCUT2D eigenvalue weighted by atomic mass is 16.4. The summed E-state index contributed by atoms with van der Waals surface area (Å²) in [5, 5.41) is 6.64. The Hall–Kier alpha value is -2.14. The number of hydrogen-bond donors (Lipinski definition) is 2. The Morgan fingerprint density at radius 1 is 1.35 bits per heavy atom. The van der Waals surface area contributed by atoms with Crippen LogP contribution in [-0.2, 0) is 0 Å². The van der Waals surface area contributed by atoms with Crippen molar-refractivity contribution in [2.75, 3.05) is 13.1 Å². The summed E-state index contributed by atoms with van der Waals surface area (Å²) in [6.07, 6.45) is 0. The van der Waals surface area contributed by atoms with Crippen molar-refractivity contribution in [3.8, 4) is 0 Å². The maximum absolute atomic E-state index is 12.0. The zero-order valence-corrected chi connectivity index (χ0v) is 11.6. The summed E-state index contributed by atoms with van der Waals surface area (Å²) in [5.74, 6) is -0.408. The second-order valence-corrected chi connectivity index (χ2v) is 4.65. The molecule has 1 atom stereocenters. The SMILES string of the molecule is CCN[C@H](C)CNC(=O)c1cc2ccccc2oc1=O. The van der Waals surface area contributed by atoms with Gasteiger partial charge in [-0.1, -0.05) is 25.1 Å². The molecular formula is C15H18N2O3. The van der Waals surface area contributed by atoms with Gasteiger partial charge >= 0.3 is 5.63 Å². The largest absolute Gasteiger partial charge is 0.422 e. The van der Waals surface area contributed by atoms with Gasteiger partial charge in [-0.05, 0) is 25.6 Å². The molecule has 0 saturated heterocycles. The third-order valence-corrected chi connectivity index (χ3v) is 3.01. The van der Waals surface area contributed by atoms with Crippen molar-refractivity contribution in [1.82, 2.24) is 10.6 Å². The summed E-state index contributed by atoms with van der Waals surface area (Å²) in [4.78, 5) is 23.8. The molecule has 0 aliphatic carbocycles. The van der Waals surface area contributed by atoms with Crippen molar-refractivity contribution in [1.29, 1.82) is 0 Å². The number of fused-ring (bicyclic) bond motifs is 1. The average Bonchev–Trinajstić information content (AvgIpc) is 2.44. The Kier molecular flexibility index (Phi) is 4.53. The third-order valence-electron chi connectivity index (χ3n) is 3.01. The number of carbonyl (C=O) groups is 1. The van der Waals surface area contributed by atoms with Crippen LogP contribution in [0.25, 0.3) is 11.0 Å². The lowest BCUT2D eigenvalue weighted by Gasteiger charge is -2.12. The van der Waals surface area contributed by atoms with Crippen LogP contribution in [0, 0.1) is 0 Å². The molecule has 0 unspecified atom stereocenters. The van der Waals surface area contributed by atoms with E-state index in [9.17, 15) is 9.59 Å². The molecule has 106 valence electrons. The molecule has 0 spiro atoms. The van der Waals surface area contributed by atoms with Gasteiger partial charge in [0.2, 0.25) is 0 Å². The van der Waals surface area contributed by atoms with Crippen molar-refractivity contribution in [3.05, 3.63) is 46.3 Å². The maximum Gasteiger partial charge on any atom is 0.349 e. The Balaban J connectivity index is 2.17. The molecule has 2 aromatic rings.